The average Bonchev–Trinajstić information content (AvgIpc) is 2.68. The summed E-state index contributed by atoms with van der Waals surface area (Å²) in [5.74, 6) is 0. The standard InChI is InChI=1S/C13H11NS2/c1-14-13-9(15)6-7-11-12(13)8-4-2-3-5-10(8)16-11/h2-7,14-15H,1H3. The number of nitrogens with one attached hydrogen (secondary N) is 1. The number of hydrogen-bond donors (Lipinski definition) is 2. The van der Waals surface area contributed by atoms with Crippen LogP contribution < -0.4 is 5.32 Å². The largest absolute Gasteiger partial charge is 0.387 e. The molecule has 0 saturated heterocycles. The molecular weight excluding hydrogens is 234 g/mol. The van der Waals surface area contributed by atoms with Gasteiger partial charge in [-0.05, 0) is 18.2 Å². The zero-order valence-corrected chi connectivity index (χ0v) is 10.5. The van der Waals surface area contributed by atoms with Gasteiger partial charge in [0.05, 0.1) is 5.69 Å². The van der Waals surface area contributed by atoms with Crippen LogP contribution in [0.3, 0.4) is 0 Å². The Morgan fingerprint density at radius 1 is 1.06 bits per heavy atom. The van der Waals surface area contributed by atoms with Crippen molar-refractivity contribution in [1.29, 1.82) is 0 Å². The van der Waals surface area contributed by atoms with E-state index in [1.54, 1.807) is 0 Å². The second-order valence-corrected chi connectivity index (χ2v) is 5.25. The Bertz CT molecular complexity index is 670. The Hall–Kier alpha value is -1.19. The number of benzene rings is 2. The Morgan fingerprint density at radius 3 is 2.69 bits per heavy atom. The minimum Gasteiger partial charge on any atom is -0.387 e. The molecule has 0 aliphatic rings. The summed E-state index contributed by atoms with van der Waals surface area (Å²) in [6, 6.07) is 12.7. The number of anilines is 1. The lowest BCUT2D eigenvalue weighted by Gasteiger charge is -2.06. The molecule has 0 aliphatic heterocycles. The van der Waals surface area contributed by atoms with E-state index in [4.69, 9.17) is 0 Å². The first-order chi connectivity index (χ1) is 7.81. The molecule has 0 saturated carbocycles. The molecule has 3 rings (SSSR count). The van der Waals surface area contributed by atoms with Crippen molar-refractivity contribution in [1.82, 2.24) is 0 Å². The Labute approximate surface area is 104 Å². The van der Waals surface area contributed by atoms with Crippen molar-refractivity contribution >= 4 is 49.8 Å². The van der Waals surface area contributed by atoms with E-state index in [1.165, 1.54) is 20.2 Å². The third-order valence-corrected chi connectivity index (χ3v) is 4.28. The van der Waals surface area contributed by atoms with Crippen LogP contribution in [-0.2, 0) is 0 Å². The van der Waals surface area contributed by atoms with Crippen molar-refractivity contribution in [2.75, 3.05) is 12.4 Å². The second-order valence-electron chi connectivity index (χ2n) is 3.68. The summed E-state index contributed by atoms with van der Waals surface area (Å²) < 4.78 is 2.64. The SMILES string of the molecule is CNc1c(S)ccc2sc3ccccc3c12. The highest BCUT2D eigenvalue weighted by Crippen LogP contribution is 2.40. The molecule has 1 nitrogen and oxygen atoms in total. The summed E-state index contributed by atoms with van der Waals surface area (Å²) in [7, 11) is 1.95. The van der Waals surface area contributed by atoms with E-state index >= 15 is 0 Å². The Kier molecular flexibility index (Phi) is 2.30. The fraction of sp³-hybridized carbons (Fsp3) is 0.0769. The predicted octanol–water partition coefficient (Wildman–Crippen LogP) is 4.38. The van der Waals surface area contributed by atoms with Crippen molar-refractivity contribution in [2.45, 2.75) is 4.90 Å². The summed E-state index contributed by atoms with van der Waals surface area (Å²) in [5, 5.41) is 5.84. The minimum absolute atomic E-state index is 0.999. The van der Waals surface area contributed by atoms with E-state index in [0.717, 1.165) is 10.6 Å². The average molecular weight is 245 g/mol. The third-order valence-electron chi connectivity index (χ3n) is 2.77. The molecule has 3 aromatic rings. The molecule has 16 heavy (non-hydrogen) atoms. The van der Waals surface area contributed by atoms with Gasteiger partial charge >= 0.3 is 0 Å². The van der Waals surface area contributed by atoms with E-state index in [1.807, 2.05) is 24.5 Å². The van der Waals surface area contributed by atoms with E-state index in [-0.39, 0.29) is 0 Å². The quantitative estimate of drug-likeness (QED) is 0.606. The van der Waals surface area contributed by atoms with E-state index < -0.39 is 0 Å². The fourth-order valence-corrected chi connectivity index (χ4v) is 3.47. The molecular formula is C13H11NS2. The van der Waals surface area contributed by atoms with Gasteiger partial charge in [0, 0.05) is 32.1 Å². The van der Waals surface area contributed by atoms with Gasteiger partial charge in [0.15, 0.2) is 0 Å². The van der Waals surface area contributed by atoms with Crippen molar-refractivity contribution in [3.8, 4) is 0 Å². The molecule has 0 unspecified atom stereocenters. The number of fused-ring (bicyclic) bond motifs is 3. The molecule has 0 bridgehead atoms. The monoisotopic (exact) mass is 245 g/mol. The maximum absolute atomic E-state index is 4.50. The van der Waals surface area contributed by atoms with Crippen molar-refractivity contribution in [2.24, 2.45) is 0 Å². The molecule has 0 fully saturated rings. The van der Waals surface area contributed by atoms with Gasteiger partial charge in [-0.2, -0.15) is 0 Å². The lowest BCUT2D eigenvalue weighted by atomic mass is 10.1. The molecule has 0 atom stereocenters. The smallest absolute Gasteiger partial charge is 0.0567 e. The highest BCUT2D eigenvalue weighted by Gasteiger charge is 2.10. The molecule has 1 N–H and O–H groups in total. The summed E-state index contributed by atoms with van der Waals surface area (Å²) >= 11 is 6.32. The molecule has 0 spiro atoms. The summed E-state index contributed by atoms with van der Waals surface area (Å²) in [5.41, 5.74) is 1.12. The minimum atomic E-state index is 0.999. The fourth-order valence-electron chi connectivity index (χ4n) is 2.06. The van der Waals surface area contributed by atoms with Crippen LogP contribution in [0, 0.1) is 0 Å². The van der Waals surface area contributed by atoms with Crippen LogP contribution in [0.15, 0.2) is 41.3 Å². The first-order valence-electron chi connectivity index (χ1n) is 5.12. The van der Waals surface area contributed by atoms with Crippen LogP contribution in [-0.4, -0.2) is 7.05 Å². The maximum Gasteiger partial charge on any atom is 0.0567 e. The van der Waals surface area contributed by atoms with Crippen molar-refractivity contribution in [3.05, 3.63) is 36.4 Å². The molecule has 0 amide bonds. The van der Waals surface area contributed by atoms with Crippen molar-refractivity contribution < 1.29 is 0 Å². The van der Waals surface area contributed by atoms with Crippen LogP contribution in [0.4, 0.5) is 5.69 Å². The number of thiol groups is 1. The number of thiophene rings is 1. The zero-order chi connectivity index (χ0) is 11.1. The van der Waals surface area contributed by atoms with Gasteiger partial charge < -0.3 is 5.32 Å². The van der Waals surface area contributed by atoms with Gasteiger partial charge in [0.2, 0.25) is 0 Å². The van der Waals surface area contributed by atoms with E-state index in [0.29, 0.717) is 0 Å². The summed E-state index contributed by atoms with van der Waals surface area (Å²) in [6.07, 6.45) is 0. The third kappa shape index (κ3) is 1.32. The lowest BCUT2D eigenvalue weighted by molar-refractivity contribution is 1.44. The maximum atomic E-state index is 4.50. The van der Waals surface area contributed by atoms with Crippen LogP contribution in [0.5, 0.6) is 0 Å². The lowest BCUT2D eigenvalue weighted by Crippen LogP contribution is -1.89. The van der Waals surface area contributed by atoms with Crippen LogP contribution in [0.2, 0.25) is 0 Å². The number of hydrogen-bond acceptors (Lipinski definition) is 3. The van der Waals surface area contributed by atoms with E-state index in [9.17, 15) is 0 Å². The highest BCUT2D eigenvalue weighted by molar-refractivity contribution is 7.80. The van der Waals surface area contributed by atoms with Gasteiger partial charge in [0.1, 0.15) is 0 Å². The predicted molar refractivity (Wildman–Crippen MR) is 76.1 cm³/mol. The van der Waals surface area contributed by atoms with Crippen LogP contribution >= 0.6 is 24.0 Å². The summed E-state index contributed by atoms with van der Waals surface area (Å²) in [6.45, 7) is 0. The first kappa shape index (κ1) is 10.00. The van der Waals surface area contributed by atoms with Gasteiger partial charge in [-0.25, -0.2) is 0 Å². The molecule has 0 radical (unpaired) electrons. The molecule has 2 aromatic carbocycles. The normalized spacial score (nSPS) is 11.1. The molecule has 0 aliphatic carbocycles. The van der Waals surface area contributed by atoms with Crippen LogP contribution in [0.1, 0.15) is 0 Å². The van der Waals surface area contributed by atoms with Crippen molar-refractivity contribution in [3.63, 3.8) is 0 Å². The zero-order valence-electron chi connectivity index (χ0n) is 8.82. The molecule has 1 heterocycles. The first-order valence-corrected chi connectivity index (χ1v) is 6.38. The van der Waals surface area contributed by atoms with Gasteiger partial charge in [-0.15, -0.1) is 24.0 Å². The van der Waals surface area contributed by atoms with E-state index in [2.05, 4.69) is 48.3 Å². The Balaban J connectivity index is 2.57. The van der Waals surface area contributed by atoms with Gasteiger partial charge in [-0.1, -0.05) is 18.2 Å². The highest BCUT2D eigenvalue weighted by atomic mass is 32.1. The van der Waals surface area contributed by atoms with Crippen LogP contribution in [0.25, 0.3) is 20.2 Å². The second kappa shape index (κ2) is 3.68. The van der Waals surface area contributed by atoms with Gasteiger partial charge in [-0.3, -0.25) is 0 Å². The molecule has 3 heteroatoms. The molecule has 80 valence electrons. The van der Waals surface area contributed by atoms with Gasteiger partial charge in [0.25, 0.3) is 0 Å². The Morgan fingerprint density at radius 2 is 1.88 bits per heavy atom. The number of rotatable bonds is 1. The topological polar surface area (TPSA) is 12.0 Å². The summed E-state index contributed by atoms with van der Waals surface area (Å²) in [4.78, 5) is 0.999. The molecule has 1 aromatic heterocycles.